The Morgan fingerprint density at radius 1 is 0.963 bits per heavy atom. The molecule has 3 aromatic carbocycles. The molecule has 0 saturated carbocycles. The van der Waals surface area contributed by atoms with Crippen molar-refractivity contribution in [3.8, 4) is 5.75 Å². The lowest BCUT2D eigenvalue weighted by molar-refractivity contribution is 0.172. The van der Waals surface area contributed by atoms with Crippen LogP contribution in [0.15, 0.2) is 66.7 Å². The van der Waals surface area contributed by atoms with Gasteiger partial charge >= 0.3 is 0 Å². The summed E-state index contributed by atoms with van der Waals surface area (Å²) in [4.78, 5) is 3.42. The van der Waals surface area contributed by atoms with Crippen LogP contribution in [0, 0.1) is 0 Å². The molecule has 1 heterocycles. The fourth-order valence-electron chi connectivity index (χ4n) is 3.29. The van der Waals surface area contributed by atoms with Crippen molar-refractivity contribution in [2.75, 3.05) is 25.4 Å². The van der Waals surface area contributed by atoms with Crippen LogP contribution in [0.5, 0.6) is 5.75 Å². The van der Waals surface area contributed by atoms with Crippen LogP contribution in [0.25, 0.3) is 21.8 Å². The molecule has 0 spiro atoms. The number of nitrogens with two attached hydrogens (primary N) is 1. The van der Waals surface area contributed by atoms with Gasteiger partial charge in [0, 0.05) is 41.1 Å². The summed E-state index contributed by atoms with van der Waals surface area (Å²) >= 11 is 0. The molecule has 0 aliphatic rings. The molecule has 0 saturated heterocycles. The summed E-state index contributed by atoms with van der Waals surface area (Å²) in [6, 6.07) is 21.7. The minimum Gasteiger partial charge on any atom is -0.492 e. The first-order chi connectivity index (χ1) is 13.2. The molecule has 0 amide bonds. The van der Waals surface area contributed by atoms with E-state index >= 15 is 0 Å². The van der Waals surface area contributed by atoms with E-state index in [1.807, 2.05) is 42.5 Å². The minimum absolute atomic E-state index is 0.452. The van der Waals surface area contributed by atoms with E-state index in [1.54, 1.807) is 6.07 Å². The van der Waals surface area contributed by atoms with Crippen LogP contribution in [0.3, 0.4) is 0 Å². The highest BCUT2D eigenvalue weighted by molar-refractivity contribution is 6.07. The van der Waals surface area contributed by atoms with Crippen molar-refractivity contribution >= 4 is 27.5 Å². The molecule has 0 radical (unpaired) electrons. The van der Waals surface area contributed by atoms with Gasteiger partial charge in [0.2, 0.25) is 0 Å². The van der Waals surface area contributed by atoms with E-state index in [0.29, 0.717) is 25.4 Å². The number of ether oxygens (including phenoxy) is 1. The average molecular weight is 361 g/mol. The lowest BCUT2D eigenvalue weighted by atomic mass is 10.1. The number of hydrogen-bond acceptors (Lipinski definition) is 4. The van der Waals surface area contributed by atoms with Gasteiger partial charge in [-0.2, -0.15) is 0 Å². The van der Waals surface area contributed by atoms with Crippen LogP contribution in [0.2, 0.25) is 0 Å². The largest absolute Gasteiger partial charge is 0.492 e. The predicted molar refractivity (Wildman–Crippen MR) is 110 cm³/mol. The number of nitrogens with one attached hydrogen (secondary N) is 2. The predicted octanol–water partition coefficient (Wildman–Crippen LogP) is 3.61. The first-order valence-corrected chi connectivity index (χ1v) is 9.08. The second kappa shape index (κ2) is 7.70. The smallest absolute Gasteiger partial charge is 0.121 e. The maximum absolute atomic E-state index is 10.2. The van der Waals surface area contributed by atoms with Gasteiger partial charge in [0.1, 0.15) is 12.4 Å². The van der Waals surface area contributed by atoms with Crippen molar-refractivity contribution in [3.05, 3.63) is 72.3 Å². The van der Waals surface area contributed by atoms with Crippen molar-refractivity contribution < 1.29 is 9.84 Å². The SMILES string of the molecule is Nc1cccc([C@@H](O)CNCCOc2ccc3c(c2)[nH]c2ccccc23)c1. The average Bonchev–Trinajstić information content (AvgIpc) is 3.05. The van der Waals surface area contributed by atoms with Crippen LogP contribution in [-0.2, 0) is 0 Å². The molecule has 4 rings (SSSR count). The Kier molecular flexibility index (Phi) is 4.96. The summed E-state index contributed by atoms with van der Waals surface area (Å²) in [6.07, 6.45) is -0.587. The van der Waals surface area contributed by atoms with Crippen molar-refractivity contribution in [2.24, 2.45) is 0 Å². The van der Waals surface area contributed by atoms with Gasteiger partial charge in [-0.05, 0) is 35.9 Å². The first kappa shape index (κ1) is 17.4. The quantitative estimate of drug-likeness (QED) is 0.299. The summed E-state index contributed by atoms with van der Waals surface area (Å²) in [6.45, 7) is 1.62. The molecule has 0 bridgehead atoms. The highest BCUT2D eigenvalue weighted by Gasteiger charge is 2.07. The van der Waals surface area contributed by atoms with Gasteiger partial charge in [0.25, 0.3) is 0 Å². The third-order valence-corrected chi connectivity index (χ3v) is 4.66. The number of aliphatic hydroxyl groups excluding tert-OH is 1. The van der Waals surface area contributed by atoms with Crippen LogP contribution in [-0.4, -0.2) is 29.8 Å². The Morgan fingerprint density at radius 3 is 2.70 bits per heavy atom. The summed E-state index contributed by atoms with van der Waals surface area (Å²) < 4.78 is 5.83. The standard InChI is InChI=1S/C22H23N3O2/c23-16-5-3-4-15(12-16)22(26)14-24-10-11-27-17-8-9-19-18-6-1-2-7-20(18)25-21(19)13-17/h1-9,12-13,22,24-26H,10-11,14,23H2/t22-/m0/s1. The minimum atomic E-state index is -0.587. The number of aliphatic hydroxyl groups is 1. The van der Waals surface area contributed by atoms with Crippen LogP contribution in [0.1, 0.15) is 11.7 Å². The molecule has 138 valence electrons. The zero-order valence-electron chi connectivity index (χ0n) is 15.0. The topological polar surface area (TPSA) is 83.3 Å². The lowest BCUT2D eigenvalue weighted by Crippen LogP contribution is -2.26. The Labute approximate surface area is 157 Å². The van der Waals surface area contributed by atoms with Crippen molar-refractivity contribution in [1.29, 1.82) is 0 Å². The monoisotopic (exact) mass is 361 g/mol. The molecule has 27 heavy (non-hydrogen) atoms. The number of fused-ring (bicyclic) bond motifs is 3. The number of rotatable bonds is 7. The molecular weight excluding hydrogens is 338 g/mol. The zero-order valence-corrected chi connectivity index (χ0v) is 15.0. The van der Waals surface area contributed by atoms with Crippen molar-refractivity contribution in [3.63, 3.8) is 0 Å². The Bertz CT molecular complexity index is 1060. The highest BCUT2D eigenvalue weighted by Crippen LogP contribution is 2.28. The number of nitrogen functional groups attached to an aromatic ring is 1. The number of H-pyrrole nitrogens is 1. The number of para-hydroxylation sites is 1. The second-order valence-corrected chi connectivity index (χ2v) is 6.62. The van der Waals surface area contributed by atoms with Gasteiger partial charge in [-0.1, -0.05) is 30.3 Å². The third-order valence-electron chi connectivity index (χ3n) is 4.66. The summed E-state index contributed by atoms with van der Waals surface area (Å²) in [7, 11) is 0. The molecule has 5 nitrogen and oxygen atoms in total. The molecule has 5 N–H and O–H groups in total. The van der Waals surface area contributed by atoms with Gasteiger partial charge < -0.3 is 25.9 Å². The van der Waals surface area contributed by atoms with Crippen molar-refractivity contribution in [1.82, 2.24) is 10.3 Å². The van der Waals surface area contributed by atoms with E-state index in [9.17, 15) is 5.11 Å². The molecule has 1 atom stereocenters. The first-order valence-electron chi connectivity index (χ1n) is 9.08. The molecule has 0 aliphatic heterocycles. The van der Waals surface area contributed by atoms with E-state index in [2.05, 4.69) is 28.5 Å². The van der Waals surface area contributed by atoms with Gasteiger partial charge in [0.15, 0.2) is 0 Å². The van der Waals surface area contributed by atoms with E-state index in [1.165, 1.54) is 10.8 Å². The Balaban J connectivity index is 1.29. The van der Waals surface area contributed by atoms with Crippen LogP contribution < -0.4 is 15.8 Å². The van der Waals surface area contributed by atoms with Gasteiger partial charge in [-0.25, -0.2) is 0 Å². The molecule has 4 aromatic rings. The summed E-state index contributed by atoms with van der Waals surface area (Å²) in [5.74, 6) is 0.826. The number of hydrogen-bond donors (Lipinski definition) is 4. The lowest BCUT2D eigenvalue weighted by Gasteiger charge is -2.13. The molecule has 0 unspecified atom stereocenters. The number of benzene rings is 3. The second-order valence-electron chi connectivity index (χ2n) is 6.62. The van der Waals surface area contributed by atoms with E-state index in [4.69, 9.17) is 10.5 Å². The number of aromatic amines is 1. The zero-order chi connectivity index (χ0) is 18.6. The Hall–Kier alpha value is -3.02. The number of anilines is 1. The fraction of sp³-hybridized carbons (Fsp3) is 0.182. The maximum atomic E-state index is 10.2. The third kappa shape index (κ3) is 3.89. The molecule has 0 fully saturated rings. The maximum Gasteiger partial charge on any atom is 0.121 e. The highest BCUT2D eigenvalue weighted by atomic mass is 16.5. The number of aromatic nitrogens is 1. The van der Waals surface area contributed by atoms with Gasteiger partial charge in [0.05, 0.1) is 11.6 Å². The van der Waals surface area contributed by atoms with Crippen molar-refractivity contribution in [2.45, 2.75) is 6.10 Å². The molecule has 5 heteroatoms. The normalized spacial score (nSPS) is 12.5. The van der Waals surface area contributed by atoms with E-state index < -0.39 is 6.10 Å². The van der Waals surface area contributed by atoms with Crippen LogP contribution in [0.4, 0.5) is 5.69 Å². The van der Waals surface area contributed by atoms with Gasteiger partial charge in [-0.3, -0.25) is 0 Å². The molecule has 1 aromatic heterocycles. The fourth-order valence-corrected chi connectivity index (χ4v) is 3.29. The van der Waals surface area contributed by atoms with E-state index in [-0.39, 0.29) is 0 Å². The summed E-state index contributed by atoms with van der Waals surface area (Å²) in [5, 5.41) is 15.8. The molecular formula is C22H23N3O2. The van der Waals surface area contributed by atoms with E-state index in [0.717, 1.165) is 22.3 Å². The summed E-state index contributed by atoms with van der Waals surface area (Å²) in [5.41, 5.74) is 9.41. The Morgan fingerprint density at radius 2 is 1.81 bits per heavy atom. The van der Waals surface area contributed by atoms with Gasteiger partial charge in [-0.15, -0.1) is 0 Å². The molecule has 0 aliphatic carbocycles. The van der Waals surface area contributed by atoms with Crippen LogP contribution >= 0.6 is 0 Å².